The Balaban J connectivity index is 1.46. The third-order valence-electron chi connectivity index (χ3n) is 6.95. The fraction of sp³-hybridized carbons (Fsp3) is 0.944. The van der Waals surface area contributed by atoms with Gasteiger partial charge in [0.25, 0.3) is 0 Å². The molecule has 2 unspecified atom stereocenters. The molecule has 3 heteroatoms. The van der Waals surface area contributed by atoms with Crippen LogP contribution in [0.3, 0.4) is 0 Å². The Morgan fingerprint density at radius 1 is 1.14 bits per heavy atom. The molecule has 1 amide bonds. The summed E-state index contributed by atoms with van der Waals surface area (Å²) in [5.74, 6) is 1.80. The van der Waals surface area contributed by atoms with E-state index in [-0.39, 0.29) is 11.3 Å². The van der Waals surface area contributed by atoms with Gasteiger partial charge in [-0.1, -0.05) is 19.8 Å². The number of rotatable bonds is 3. The zero-order valence-corrected chi connectivity index (χ0v) is 13.3. The van der Waals surface area contributed by atoms with E-state index < -0.39 is 5.60 Å². The van der Waals surface area contributed by atoms with Gasteiger partial charge in [-0.2, -0.15) is 0 Å². The number of hydrogen-bond acceptors (Lipinski definition) is 2. The van der Waals surface area contributed by atoms with Gasteiger partial charge in [-0.05, 0) is 68.6 Å². The summed E-state index contributed by atoms with van der Waals surface area (Å²) in [6, 6.07) is 0. The van der Waals surface area contributed by atoms with E-state index in [1.54, 1.807) is 0 Å². The van der Waals surface area contributed by atoms with E-state index in [1.807, 2.05) is 0 Å². The minimum Gasteiger partial charge on any atom is -0.388 e. The Bertz CT molecular complexity index is 438. The molecule has 4 bridgehead atoms. The topological polar surface area (TPSA) is 49.3 Å². The van der Waals surface area contributed by atoms with Gasteiger partial charge in [0.05, 0.1) is 11.0 Å². The van der Waals surface area contributed by atoms with E-state index in [0.29, 0.717) is 12.0 Å². The summed E-state index contributed by atoms with van der Waals surface area (Å²) in [5, 5.41) is 13.6. The molecule has 2 atom stereocenters. The molecular formula is C18H29NO2. The first-order chi connectivity index (χ1) is 9.91. The monoisotopic (exact) mass is 291 g/mol. The molecule has 5 saturated carbocycles. The fourth-order valence-corrected chi connectivity index (χ4v) is 6.63. The standard InChI is InChI=1S/C18H29NO2/c1-16-7-13-6-14(8-16)10-17(9-13,11-16)15(20)19-12-18(21)4-2-3-5-18/h13-14,21H,2-12H2,1H3,(H,19,20). The molecule has 0 aromatic rings. The highest BCUT2D eigenvalue weighted by Gasteiger charge is 2.58. The van der Waals surface area contributed by atoms with Crippen molar-refractivity contribution >= 4 is 5.91 Å². The van der Waals surface area contributed by atoms with Crippen LogP contribution in [-0.2, 0) is 4.79 Å². The molecule has 118 valence electrons. The lowest BCUT2D eigenvalue weighted by molar-refractivity contribution is -0.156. The molecule has 0 aromatic heterocycles. The Hall–Kier alpha value is -0.570. The van der Waals surface area contributed by atoms with Gasteiger partial charge in [0, 0.05) is 6.54 Å². The summed E-state index contributed by atoms with van der Waals surface area (Å²) in [5.41, 5.74) is -0.318. The quantitative estimate of drug-likeness (QED) is 0.840. The molecule has 5 aliphatic rings. The van der Waals surface area contributed by atoms with Crippen LogP contribution in [0.4, 0.5) is 0 Å². The van der Waals surface area contributed by atoms with E-state index >= 15 is 0 Å². The van der Waals surface area contributed by atoms with E-state index in [0.717, 1.165) is 56.8 Å². The Morgan fingerprint density at radius 2 is 1.76 bits per heavy atom. The van der Waals surface area contributed by atoms with Crippen molar-refractivity contribution in [2.75, 3.05) is 6.54 Å². The first-order valence-corrected chi connectivity index (χ1v) is 8.91. The lowest BCUT2D eigenvalue weighted by Gasteiger charge is -2.60. The zero-order valence-electron chi connectivity index (χ0n) is 13.3. The van der Waals surface area contributed by atoms with Gasteiger partial charge in [0.1, 0.15) is 0 Å². The Kier molecular flexibility index (Phi) is 2.99. The van der Waals surface area contributed by atoms with Gasteiger partial charge in [-0.3, -0.25) is 4.79 Å². The number of amides is 1. The van der Waals surface area contributed by atoms with Gasteiger partial charge >= 0.3 is 0 Å². The summed E-state index contributed by atoms with van der Waals surface area (Å²) in [6.07, 6.45) is 11.2. The molecular weight excluding hydrogens is 262 g/mol. The van der Waals surface area contributed by atoms with Crippen LogP contribution in [-0.4, -0.2) is 23.2 Å². The zero-order chi connectivity index (χ0) is 14.7. The second-order valence-corrected chi connectivity index (χ2v) is 9.17. The smallest absolute Gasteiger partial charge is 0.226 e. The molecule has 2 N–H and O–H groups in total. The van der Waals surface area contributed by atoms with Crippen LogP contribution in [0.1, 0.15) is 71.1 Å². The largest absolute Gasteiger partial charge is 0.388 e. The van der Waals surface area contributed by atoms with E-state index in [4.69, 9.17) is 0 Å². The molecule has 5 aliphatic carbocycles. The van der Waals surface area contributed by atoms with E-state index in [9.17, 15) is 9.90 Å². The Morgan fingerprint density at radius 3 is 2.33 bits per heavy atom. The predicted molar refractivity (Wildman–Crippen MR) is 81.6 cm³/mol. The van der Waals surface area contributed by atoms with Crippen LogP contribution >= 0.6 is 0 Å². The van der Waals surface area contributed by atoms with Crippen molar-refractivity contribution in [1.29, 1.82) is 0 Å². The number of carbonyl (C=O) groups excluding carboxylic acids is 1. The maximum Gasteiger partial charge on any atom is 0.226 e. The lowest BCUT2D eigenvalue weighted by Crippen LogP contribution is -2.58. The molecule has 21 heavy (non-hydrogen) atoms. The molecule has 0 spiro atoms. The molecule has 0 heterocycles. The summed E-state index contributed by atoms with van der Waals surface area (Å²) >= 11 is 0. The van der Waals surface area contributed by atoms with E-state index in [1.165, 1.54) is 19.3 Å². The lowest BCUT2D eigenvalue weighted by atomic mass is 9.44. The minimum absolute atomic E-state index is 0.103. The van der Waals surface area contributed by atoms with Crippen LogP contribution in [0.15, 0.2) is 0 Å². The molecule has 0 aromatic carbocycles. The van der Waals surface area contributed by atoms with Crippen molar-refractivity contribution in [3.05, 3.63) is 0 Å². The highest BCUT2D eigenvalue weighted by atomic mass is 16.3. The maximum absolute atomic E-state index is 12.9. The summed E-state index contributed by atoms with van der Waals surface area (Å²) in [7, 11) is 0. The van der Waals surface area contributed by atoms with Crippen LogP contribution in [0.5, 0.6) is 0 Å². The number of aliphatic hydroxyl groups is 1. The van der Waals surface area contributed by atoms with Crippen LogP contribution in [0.2, 0.25) is 0 Å². The van der Waals surface area contributed by atoms with Crippen LogP contribution in [0.25, 0.3) is 0 Å². The fourth-order valence-electron chi connectivity index (χ4n) is 6.63. The van der Waals surface area contributed by atoms with Gasteiger partial charge in [-0.25, -0.2) is 0 Å². The molecule has 5 rings (SSSR count). The van der Waals surface area contributed by atoms with Crippen LogP contribution in [0, 0.1) is 22.7 Å². The Labute approximate surface area is 127 Å². The van der Waals surface area contributed by atoms with Gasteiger partial charge in [0.15, 0.2) is 0 Å². The minimum atomic E-state index is -0.623. The van der Waals surface area contributed by atoms with Gasteiger partial charge in [-0.15, -0.1) is 0 Å². The van der Waals surface area contributed by atoms with Crippen LogP contribution < -0.4 is 5.32 Å². The predicted octanol–water partition coefficient (Wildman–Crippen LogP) is 3.01. The highest BCUT2D eigenvalue weighted by Crippen LogP contribution is 2.65. The normalized spacial score (nSPS) is 46.8. The van der Waals surface area contributed by atoms with Crippen molar-refractivity contribution in [3.8, 4) is 0 Å². The molecule has 0 radical (unpaired) electrons. The SMILES string of the molecule is CC12CC3CC(C1)CC(C(=O)NCC1(O)CCCC1)(C3)C2. The van der Waals surface area contributed by atoms with Crippen molar-refractivity contribution < 1.29 is 9.90 Å². The molecule has 5 fully saturated rings. The maximum atomic E-state index is 12.9. The third kappa shape index (κ3) is 2.32. The molecule has 0 saturated heterocycles. The van der Waals surface area contributed by atoms with Crippen molar-refractivity contribution in [2.24, 2.45) is 22.7 Å². The van der Waals surface area contributed by atoms with Crippen molar-refractivity contribution in [2.45, 2.75) is 76.7 Å². The second-order valence-electron chi connectivity index (χ2n) is 9.17. The van der Waals surface area contributed by atoms with Gasteiger partial charge in [0.2, 0.25) is 5.91 Å². The highest BCUT2D eigenvalue weighted by molar-refractivity contribution is 5.83. The first kappa shape index (κ1) is 14.0. The summed E-state index contributed by atoms with van der Waals surface area (Å²) in [4.78, 5) is 12.9. The second kappa shape index (κ2) is 4.47. The van der Waals surface area contributed by atoms with Gasteiger partial charge < -0.3 is 10.4 Å². The van der Waals surface area contributed by atoms with Crippen molar-refractivity contribution in [3.63, 3.8) is 0 Å². The number of hydrogen-bond donors (Lipinski definition) is 2. The summed E-state index contributed by atoms with van der Waals surface area (Å²) in [6.45, 7) is 2.87. The first-order valence-electron chi connectivity index (χ1n) is 8.91. The van der Waals surface area contributed by atoms with Crippen molar-refractivity contribution in [1.82, 2.24) is 5.32 Å². The number of nitrogens with one attached hydrogen (secondary N) is 1. The third-order valence-corrected chi connectivity index (χ3v) is 6.95. The average Bonchev–Trinajstić information content (AvgIpc) is 2.80. The number of carbonyl (C=O) groups is 1. The molecule has 0 aliphatic heterocycles. The van der Waals surface area contributed by atoms with E-state index in [2.05, 4.69) is 12.2 Å². The summed E-state index contributed by atoms with van der Waals surface area (Å²) < 4.78 is 0. The molecule has 3 nitrogen and oxygen atoms in total. The average molecular weight is 291 g/mol.